The van der Waals surface area contributed by atoms with E-state index in [9.17, 15) is 4.39 Å². The maximum absolute atomic E-state index is 13.6. The van der Waals surface area contributed by atoms with Gasteiger partial charge >= 0.3 is 0 Å². The Kier molecular flexibility index (Phi) is 3.18. The van der Waals surface area contributed by atoms with E-state index in [1.165, 1.54) is 7.11 Å². The third-order valence-corrected chi connectivity index (χ3v) is 2.48. The highest BCUT2D eigenvalue weighted by atomic mass is 19.1. The Balaban J connectivity index is 2.00. The Hall–Kier alpha value is -1.13. The fourth-order valence-electron chi connectivity index (χ4n) is 1.46. The van der Waals surface area contributed by atoms with Crippen LogP contribution in [-0.4, -0.2) is 26.4 Å². The Labute approximate surface area is 88.2 Å². The van der Waals surface area contributed by atoms with Gasteiger partial charge in [0.05, 0.1) is 26.4 Å². The number of hydrogen-bond acceptors (Lipinski definition) is 3. The Morgan fingerprint density at radius 1 is 1.53 bits per heavy atom. The minimum atomic E-state index is -0.284. The first-order valence-corrected chi connectivity index (χ1v) is 4.94. The van der Waals surface area contributed by atoms with E-state index in [4.69, 9.17) is 9.47 Å². The minimum absolute atomic E-state index is 0.284. The SMILES string of the molecule is COc1cccc(CNC2COC2)c1F. The van der Waals surface area contributed by atoms with Crippen molar-refractivity contribution in [3.63, 3.8) is 0 Å². The van der Waals surface area contributed by atoms with Gasteiger partial charge in [0.2, 0.25) is 0 Å². The summed E-state index contributed by atoms with van der Waals surface area (Å²) >= 11 is 0. The maximum Gasteiger partial charge on any atom is 0.169 e. The molecule has 15 heavy (non-hydrogen) atoms. The number of methoxy groups -OCH3 is 1. The standard InChI is InChI=1S/C11H14FNO2/c1-14-10-4-2-3-8(11(10)12)5-13-9-6-15-7-9/h2-4,9,13H,5-7H2,1H3. The van der Waals surface area contributed by atoms with Gasteiger partial charge in [0.25, 0.3) is 0 Å². The summed E-state index contributed by atoms with van der Waals surface area (Å²) in [6.07, 6.45) is 0. The number of benzene rings is 1. The van der Waals surface area contributed by atoms with E-state index in [0.29, 0.717) is 37.1 Å². The largest absolute Gasteiger partial charge is 0.494 e. The van der Waals surface area contributed by atoms with E-state index in [1.54, 1.807) is 18.2 Å². The van der Waals surface area contributed by atoms with Crippen molar-refractivity contribution in [1.29, 1.82) is 0 Å². The zero-order valence-corrected chi connectivity index (χ0v) is 8.63. The summed E-state index contributed by atoms with van der Waals surface area (Å²) in [4.78, 5) is 0. The lowest BCUT2D eigenvalue weighted by molar-refractivity contribution is -0.00589. The van der Waals surface area contributed by atoms with Gasteiger partial charge in [0, 0.05) is 12.1 Å². The van der Waals surface area contributed by atoms with Crippen LogP contribution in [0, 0.1) is 5.82 Å². The molecule has 3 nitrogen and oxygen atoms in total. The van der Waals surface area contributed by atoms with Gasteiger partial charge in [0.1, 0.15) is 0 Å². The second-order valence-electron chi connectivity index (χ2n) is 3.55. The lowest BCUT2D eigenvalue weighted by Crippen LogP contribution is -2.45. The van der Waals surface area contributed by atoms with E-state index < -0.39 is 0 Å². The summed E-state index contributed by atoms with van der Waals surface area (Å²) < 4.78 is 23.6. The maximum atomic E-state index is 13.6. The topological polar surface area (TPSA) is 30.5 Å². The third kappa shape index (κ3) is 2.27. The normalized spacial score (nSPS) is 16.1. The summed E-state index contributed by atoms with van der Waals surface area (Å²) in [7, 11) is 1.47. The van der Waals surface area contributed by atoms with E-state index >= 15 is 0 Å². The number of hydrogen-bond donors (Lipinski definition) is 1. The van der Waals surface area contributed by atoms with Gasteiger partial charge in [-0.25, -0.2) is 4.39 Å². The predicted molar refractivity (Wildman–Crippen MR) is 54.4 cm³/mol. The lowest BCUT2D eigenvalue weighted by atomic mass is 10.1. The molecule has 1 aliphatic heterocycles. The fraction of sp³-hybridized carbons (Fsp3) is 0.455. The van der Waals surface area contributed by atoms with Crippen molar-refractivity contribution in [1.82, 2.24) is 5.32 Å². The highest BCUT2D eigenvalue weighted by Gasteiger charge is 2.18. The quantitative estimate of drug-likeness (QED) is 0.814. The smallest absolute Gasteiger partial charge is 0.169 e. The molecule has 1 aliphatic rings. The van der Waals surface area contributed by atoms with Crippen molar-refractivity contribution in [2.75, 3.05) is 20.3 Å². The first kappa shape index (κ1) is 10.4. The summed E-state index contributed by atoms with van der Waals surface area (Å²) in [5.41, 5.74) is 0.626. The first-order valence-electron chi connectivity index (χ1n) is 4.94. The summed E-state index contributed by atoms with van der Waals surface area (Å²) in [5, 5.41) is 3.21. The molecule has 0 bridgehead atoms. The summed E-state index contributed by atoms with van der Waals surface area (Å²) in [5.74, 6) is 0.00639. The molecule has 0 aliphatic carbocycles. The van der Waals surface area contributed by atoms with Crippen LogP contribution in [0.2, 0.25) is 0 Å². The molecule has 0 radical (unpaired) electrons. The predicted octanol–water partition coefficient (Wildman–Crippen LogP) is 1.32. The van der Waals surface area contributed by atoms with Crippen LogP contribution in [-0.2, 0) is 11.3 Å². The van der Waals surface area contributed by atoms with Gasteiger partial charge in [0.15, 0.2) is 11.6 Å². The Bertz CT molecular complexity index is 339. The lowest BCUT2D eigenvalue weighted by Gasteiger charge is -2.27. The van der Waals surface area contributed by atoms with Crippen LogP contribution in [0.4, 0.5) is 4.39 Å². The van der Waals surface area contributed by atoms with Crippen molar-refractivity contribution >= 4 is 0 Å². The first-order chi connectivity index (χ1) is 7.31. The van der Waals surface area contributed by atoms with Gasteiger partial charge in [-0.05, 0) is 6.07 Å². The van der Waals surface area contributed by atoms with Crippen molar-refractivity contribution in [3.8, 4) is 5.75 Å². The number of ether oxygens (including phenoxy) is 2. The molecule has 1 fully saturated rings. The van der Waals surface area contributed by atoms with Crippen LogP contribution in [0.5, 0.6) is 5.75 Å². The highest BCUT2D eigenvalue weighted by Crippen LogP contribution is 2.19. The van der Waals surface area contributed by atoms with Crippen LogP contribution >= 0.6 is 0 Å². The van der Waals surface area contributed by atoms with Gasteiger partial charge in [-0.1, -0.05) is 12.1 Å². The van der Waals surface area contributed by atoms with Crippen molar-refractivity contribution in [2.24, 2.45) is 0 Å². The molecule has 0 saturated carbocycles. The molecule has 1 heterocycles. The molecule has 2 rings (SSSR count). The Morgan fingerprint density at radius 2 is 2.33 bits per heavy atom. The molecule has 1 N–H and O–H groups in total. The summed E-state index contributed by atoms with van der Waals surface area (Å²) in [6, 6.07) is 5.52. The second-order valence-corrected chi connectivity index (χ2v) is 3.55. The van der Waals surface area contributed by atoms with Crippen LogP contribution in [0.1, 0.15) is 5.56 Å². The molecule has 0 aromatic heterocycles. The molecule has 1 aromatic carbocycles. The van der Waals surface area contributed by atoms with Gasteiger partial charge in [-0.15, -0.1) is 0 Å². The zero-order chi connectivity index (χ0) is 10.7. The summed E-state index contributed by atoms with van der Waals surface area (Å²) in [6.45, 7) is 1.94. The molecule has 82 valence electrons. The van der Waals surface area contributed by atoms with E-state index in [1.807, 2.05) is 0 Å². The van der Waals surface area contributed by atoms with Crippen LogP contribution < -0.4 is 10.1 Å². The van der Waals surface area contributed by atoms with Gasteiger partial charge in [-0.2, -0.15) is 0 Å². The van der Waals surface area contributed by atoms with Crippen molar-refractivity contribution in [3.05, 3.63) is 29.6 Å². The fourth-order valence-corrected chi connectivity index (χ4v) is 1.46. The van der Waals surface area contributed by atoms with Crippen molar-refractivity contribution in [2.45, 2.75) is 12.6 Å². The Morgan fingerprint density at radius 3 is 2.93 bits per heavy atom. The second kappa shape index (κ2) is 4.59. The van der Waals surface area contributed by atoms with E-state index in [-0.39, 0.29) is 5.82 Å². The number of nitrogens with one attached hydrogen (secondary N) is 1. The molecule has 0 atom stereocenters. The molecular weight excluding hydrogens is 197 g/mol. The highest BCUT2D eigenvalue weighted by molar-refractivity contribution is 5.30. The molecule has 0 unspecified atom stereocenters. The monoisotopic (exact) mass is 211 g/mol. The number of halogens is 1. The van der Waals surface area contributed by atoms with Gasteiger partial charge in [-0.3, -0.25) is 0 Å². The molecule has 4 heteroatoms. The molecule has 0 amide bonds. The van der Waals surface area contributed by atoms with Crippen LogP contribution in [0.15, 0.2) is 18.2 Å². The molecular formula is C11H14FNO2. The average Bonchev–Trinajstić information content (AvgIpc) is 2.18. The zero-order valence-electron chi connectivity index (χ0n) is 8.63. The molecule has 1 saturated heterocycles. The average molecular weight is 211 g/mol. The van der Waals surface area contributed by atoms with Crippen LogP contribution in [0.25, 0.3) is 0 Å². The van der Waals surface area contributed by atoms with E-state index in [2.05, 4.69) is 5.32 Å². The third-order valence-electron chi connectivity index (χ3n) is 2.48. The van der Waals surface area contributed by atoms with Gasteiger partial charge < -0.3 is 14.8 Å². The molecule has 0 spiro atoms. The minimum Gasteiger partial charge on any atom is -0.494 e. The van der Waals surface area contributed by atoms with E-state index in [0.717, 1.165) is 0 Å². The molecule has 1 aromatic rings. The number of rotatable bonds is 4. The van der Waals surface area contributed by atoms with Crippen LogP contribution in [0.3, 0.4) is 0 Å². The van der Waals surface area contributed by atoms with Crippen molar-refractivity contribution < 1.29 is 13.9 Å².